The summed E-state index contributed by atoms with van der Waals surface area (Å²) < 4.78 is 24.4. The molecule has 2 N–H and O–H groups in total. The molecule has 0 heterocycles. The quantitative estimate of drug-likeness (QED) is 0.117. The number of para-hydroxylation sites is 1. The van der Waals surface area contributed by atoms with Gasteiger partial charge in [-0.05, 0) is 54.2 Å². The fourth-order valence-electron chi connectivity index (χ4n) is 4.15. The van der Waals surface area contributed by atoms with Crippen molar-refractivity contribution in [1.82, 2.24) is 10.4 Å². The van der Waals surface area contributed by atoms with E-state index in [0.29, 0.717) is 37.2 Å². The molecule has 0 bridgehead atoms. The molecule has 4 aromatic rings. The Balaban J connectivity index is 1.57. The van der Waals surface area contributed by atoms with Gasteiger partial charge in [0.15, 0.2) is 0 Å². The van der Waals surface area contributed by atoms with Crippen molar-refractivity contribution in [3.63, 3.8) is 0 Å². The average Bonchev–Trinajstić information content (AvgIpc) is 3.02. The highest BCUT2D eigenvalue weighted by molar-refractivity contribution is 5.94. The number of ether oxygens (including phenoxy) is 1. The standard InChI is InChI=1S/C33H34N2O4/c36-32(34-38)18-8-3-11-23-39-31-17-10-9-16-30(31)25-35(24-26-12-4-1-5-13-26)33(37)29-21-19-28(20-22-29)27-14-6-2-7-15-27/h1-2,4-7,9-10,12-17,19-22,38H,3,8,11,18,23-25H2,(H,34,36)/i25D2. The summed E-state index contributed by atoms with van der Waals surface area (Å²) in [6, 6.07) is 33.3. The third-order valence-electron chi connectivity index (χ3n) is 6.24. The van der Waals surface area contributed by atoms with E-state index in [2.05, 4.69) is 0 Å². The summed E-state index contributed by atoms with van der Waals surface area (Å²) in [6.45, 7) is -1.81. The Morgan fingerprint density at radius 1 is 0.769 bits per heavy atom. The first-order valence-corrected chi connectivity index (χ1v) is 13.1. The lowest BCUT2D eigenvalue weighted by molar-refractivity contribution is -0.129. The molecule has 0 atom stereocenters. The van der Waals surface area contributed by atoms with Crippen LogP contribution in [-0.2, 0) is 17.8 Å². The Morgan fingerprint density at radius 3 is 2.13 bits per heavy atom. The van der Waals surface area contributed by atoms with Crippen LogP contribution in [0, 0.1) is 0 Å². The molecule has 4 rings (SSSR count). The molecule has 0 spiro atoms. The van der Waals surface area contributed by atoms with Gasteiger partial charge in [0.2, 0.25) is 5.91 Å². The van der Waals surface area contributed by atoms with Gasteiger partial charge in [-0.2, -0.15) is 0 Å². The minimum atomic E-state index is -2.19. The van der Waals surface area contributed by atoms with Crippen LogP contribution in [0.15, 0.2) is 109 Å². The van der Waals surface area contributed by atoms with Crippen molar-refractivity contribution in [2.75, 3.05) is 6.61 Å². The molecule has 6 nitrogen and oxygen atoms in total. The van der Waals surface area contributed by atoms with Crippen LogP contribution in [-0.4, -0.2) is 28.5 Å². The van der Waals surface area contributed by atoms with Gasteiger partial charge in [0.25, 0.3) is 5.91 Å². The van der Waals surface area contributed by atoms with Crippen molar-refractivity contribution in [3.8, 4) is 16.9 Å². The van der Waals surface area contributed by atoms with E-state index >= 15 is 0 Å². The molecule has 6 heteroatoms. The van der Waals surface area contributed by atoms with E-state index in [-0.39, 0.29) is 18.5 Å². The average molecular weight is 525 g/mol. The minimum absolute atomic E-state index is 0.0639. The van der Waals surface area contributed by atoms with E-state index < -0.39 is 18.3 Å². The number of benzene rings is 4. The van der Waals surface area contributed by atoms with Crippen LogP contribution < -0.4 is 10.2 Å². The largest absolute Gasteiger partial charge is 0.493 e. The first-order valence-electron chi connectivity index (χ1n) is 14.1. The number of rotatable bonds is 13. The predicted molar refractivity (Wildman–Crippen MR) is 152 cm³/mol. The van der Waals surface area contributed by atoms with Crippen molar-refractivity contribution >= 4 is 11.8 Å². The van der Waals surface area contributed by atoms with Crippen LogP contribution in [0.2, 0.25) is 0 Å². The Hall–Kier alpha value is -4.42. The van der Waals surface area contributed by atoms with Gasteiger partial charge in [-0.3, -0.25) is 14.8 Å². The van der Waals surface area contributed by atoms with Gasteiger partial charge in [0, 0.05) is 30.6 Å². The van der Waals surface area contributed by atoms with Crippen molar-refractivity contribution in [2.24, 2.45) is 0 Å². The number of hydrogen-bond donors (Lipinski definition) is 2. The number of carbonyl (C=O) groups excluding carboxylic acids is 2. The maximum absolute atomic E-state index is 13.9. The van der Waals surface area contributed by atoms with Crippen molar-refractivity contribution in [3.05, 3.63) is 126 Å². The molecular formula is C33H34N2O4. The topological polar surface area (TPSA) is 78.9 Å². The molecule has 0 aromatic heterocycles. The Bertz CT molecular complexity index is 1410. The second-order valence-electron chi connectivity index (χ2n) is 9.12. The van der Waals surface area contributed by atoms with Crippen LogP contribution in [0.25, 0.3) is 11.1 Å². The summed E-state index contributed by atoms with van der Waals surface area (Å²) in [5.74, 6) is -0.506. The molecule has 0 unspecified atom stereocenters. The second-order valence-corrected chi connectivity index (χ2v) is 9.12. The zero-order chi connectivity index (χ0) is 29.1. The summed E-state index contributed by atoms with van der Waals surface area (Å²) in [5.41, 5.74) is 5.06. The van der Waals surface area contributed by atoms with E-state index in [0.717, 1.165) is 16.7 Å². The summed E-state index contributed by atoms with van der Waals surface area (Å²) >= 11 is 0. The van der Waals surface area contributed by atoms with Gasteiger partial charge in [-0.1, -0.05) is 91.0 Å². The number of nitrogens with zero attached hydrogens (tertiary/aromatic N) is 1. The van der Waals surface area contributed by atoms with Gasteiger partial charge < -0.3 is 9.64 Å². The predicted octanol–water partition coefficient (Wildman–Crippen LogP) is 6.64. The van der Waals surface area contributed by atoms with Crippen molar-refractivity contribution < 1.29 is 22.3 Å². The summed E-state index contributed by atoms with van der Waals surface area (Å²) in [5, 5.41) is 8.61. The zero-order valence-corrected chi connectivity index (χ0v) is 21.8. The highest BCUT2D eigenvalue weighted by atomic mass is 16.5. The normalized spacial score (nSPS) is 11.7. The monoisotopic (exact) mass is 524 g/mol. The van der Waals surface area contributed by atoms with Crippen molar-refractivity contribution in [1.29, 1.82) is 0 Å². The molecule has 0 aliphatic heterocycles. The highest BCUT2D eigenvalue weighted by Gasteiger charge is 2.19. The third kappa shape index (κ3) is 8.28. The smallest absolute Gasteiger partial charge is 0.254 e. The number of amides is 2. The molecule has 2 amide bonds. The maximum atomic E-state index is 13.9. The minimum Gasteiger partial charge on any atom is -0.493 e. The summed E-state index contributed by atoms with van der Waals surface area (Å²) in [7, 11) is 0. The molecule has 0 aliphatic carbocycles. The van der Waals surface area contributed by atoms with Gasteiger partial charge in [0.05, 0.1) is 9.35 Å². The summed E-state index contributed by atoms with van der Waals surface area (Å²) in [4.78, 5) is 26.4. The van der Waals surface area contributed by atoms with Crippen LogP contribution in [0.4, 0.5) is 0 Å². The van der Waals surface area contributed by atoms with E-state index in [1.54, 1.807) is 41.9 Å². The lowest BCUT2D eigenvalue weighted by atomic mass is 10.0. The molecule has 4 aromatic carbocycles. The van der Waals surface area contributed by atoms with Gasteiger partial charge >= 0.3 is 0 Å². The first-order chi connectivity index (χ1) is 19.9. The van der Waals surface area contributed by atoms with Gasteiger partial charge in [-0.25, -0.2) is 5.48 Å². The van der Waals surface area contributed by atoms with Crippen molar-refractivity contribution in [2.45, 2.75) is 38.7 Å². The highest BCUT2D eigenvalue weighted by Crippen LogP contribution is 2.24. The van der Waals surface area contributed by atoms with E-state index in [4.69, 9.17) is 9.94 Å². The number of carbonyl (C=O) groups is 2. The fraction of sp³-hybridized carbons (Fsp3) is 0.212. The SMILES string of the molecule is [2H]C([2H])(c1ccccc1OCCCCCC(=O)NO)N(Cc1ccccc1)C(=O)c1ccc(-c2ccccc2)cc1. The molecule has 39 heavy (non-hydrogen) atoms. The zero-order valence-electron chi connectivity index (χ0n) is 23.8. The number of hydroxylamine groups is 1. The van der Waals surface area contributed by atoms with Crippen LogP contribution in [0.1, 0.15) is 49.9 Å². The molecule has 0 fully saturated rings. The van der Waals surface area contributed by atoms with Crippen LogP contribution >= 0.6 is 0 Å². The van der Waals surface area contributed by atoms with Gasteiger partial charge in [-0.15, -0.1) is 0 Å². The van der Waals surface area contributed by atoms with Crippen LogP contribution in [0.5, 0.6) is 5.75 Å². The lowest BCUT2D eigenvalue weighted by Crippen LogP contribution is -2.30. The summed E-state index contributed by atoms with van der Waals surface area (Å²) in [6.07, 6.45) is 2.18. The van der Waals surface area contributed by atoms with E-state index in [1.165, 1.54) is 4.90 Å². The molecule has 0 saturated heterocycles. The number of hydrogen-bond acceptors (Lipinski definition) is 4. The molecular weight excluding hydrogens is 488 g/mol. The number of nitrogens with one attached hydrogen (secondary N) is 1. The molecule has 0 saturated carbocycles. The third-order valence-corrected chi connectivity index (χ3v) is 6.24. The maximum Gasteiger partial charge on any atom is 0.254 e. The lowest BCUT2D eigenvalue weighted by Gasteiger charge is -2.24. The van der Waals surface area contributed by atoms with E-state index in [9.17, 15) is 12.3 Å². The molecule has 200 valence electrons. The van der Waals surface area contributed by atoms with E-state index in [1.807, 2.05) is 72.8 Å². The Morgan fingerprint density at radius 2 is 1.41 bits per heavy atom. The first kappa shape index (κ1) is 24.9. The second kappa shape index (κ2) is 14.5. The van der Waals surface area contributed by atoms with Gasteiger partial charge in [0.1, 0.15) is 5.75 Å². The molecule has 0 radical (unpaired) electrons. The van der Waals surface area contributed by atoms with Crippen LogP contribution in [0.3, 0.4) is 0 Å². The Kier molecular flexibility index (Phi) is 9.25. The Labute approximate surface area is 232 Å². The fourth-order valence-corrected chi connectivity index (χ4v) is 4.15. The number of unbranched alkanes of at least 4 members (excludes halogenated alkanes) is 2. The molecule has 0 aliphatic rings.